The van der Waals surface area contributed by atoms with Crippen LogP contribution in [0.5, 0.6) is 5.75 Å². The molecule has 0 aliphatic carbocycles. The summed E-state index contributed by atoms with van der Waals surface area (Å²) in [6.45, 7) is 8.11. The van der Waals surface area contributed by atoms with Crippen molar-refractivity contribution in [2.75, 3.05) is 10.6 Å². The van der Waals surface area contributed by atoms with E-state index in [0.29, 0.717) is 17.3 Å². The van der Waals surface area contributed by atoms with Gasteiger partial charge in [-0.2, -0.15) is 5.10 Å². The van der Waals surface area contributed by atoms with Crippen LogP contribution in [0, 0.1) is 0 Å². The maximum absolute atomic E-state index is 11.8. The van der Waals surface area contributed by atoms with Crippen LogP contribution in [-0.2, 0) is 10.2 Å². The number of rotatable bonds is 2. The van der Waals surface area contributed by atoms with Crippen molar-refractivity contribution in [1.82, 2.24) is 14.6 Å². The van der Waals surface area contributed by atoms with Crippen LogP contribution in [0.4, 0.5) is 17.2 Å². The first-order valence-electron chi connectivity index (χ1n) is 8.55. The number of nitrogens with zero attached hydrogens (tertiary/aromatic N) is 3. The first kappa shape index (κ1) is 16.4. The van der Waals surface area contributed by atoms with Gasteiger partial charge in [0.1, 0.15) is 11.3 Å². The van der Waals surface area contributed by atoms with Crippen LogP contribution in [-0.4, -0.2) is 26.6 Å². The van der Waals surface area contributed by atoms with Gasteiger partial charge in [0.25, 0.3) is 5.91 Å². The van der Waals surface area contributed by atoms with E-state index in [1.54, 1.807) is 13.1 Å². The van der Waals surface area contributed by atoms with Crippen molar-refractivity contribution in [3.05, 3.63) is 42.4 Å². The molecular formula is C19H21N5O2. The molecule has 7 nitrogen and oxygen atoms in total. The lowest BCUT2D eigenvalue weighted by Crippen LogP contribution is -2.34. The molecule has 0 fully saturated rings. The van der Waals surface area contributed by atoms with Crippen LogP contribution in [0.2, 0.25) is 0 Å². The van der Waals surface area contributed by atoms with Crippen molar-refractivity contribution in [2.24, 2.45) is 0 Å². The van der Waals surface area contributed by atoms with Crippen molar-refractivity contribution >= 4 is 28.6 Å². The fourth-order valence-electron chi connectivity index (χ4n) is 2.81. The number of ether oxygens (including phenoxy) is 1. The molecule has 1 aromatic carbocycles. The molecule has 0 saturated carbocycles. The summed E-state index contributed by atoms with van der Waals surface area (Å²) in [5.74, 6) is 1.21. The van der Waals surface area contributed by atoms with Crippen LogP contribution in [0.1, 0.15) is 33.4 Å². The Morgan fingerprint density at radius 3 is 2.85 bits per heavy atom. The van der Waals surface area contributed by atoms with Crippen molar-refractivity contribution in [3.8, 4) is 5.75 Å². The molecular weight excluding hydrogens is 330 g/mol. The van der Waals surface area contributed by atoms with E-state index in [4.69, 9.17) is 4.74 Å². The molecule has 1 unspecified atom stereocenters. The largest absolute Gasteiger partial charge is 0.479 e. The van der Waals surface area contributed by atoms with E-state index in [2.05, 4.69) is 41.5 Å². The maximum atomic E-state index is 11.8. The Kier molecular flexibility index (Phi) is 3.61. The molecule has 1 aliphatic heterocycles. The molecule has 2 aromatic heterocycles. The lowest BCUT2D eigenvalue weighted by atomic mass is 9.92. The molecule has 7 heteroatoms. The topological polar surface area (TPSA) is 80.6 Å². The Hall–Kier alpha value is -3.09. The van der Waals surface area contributed by atoms with Crippen LogP contribution in [0.25, 0.3) is 5.52 Å². The number of nitrogens with one attached hydrogen (secondary N) is 2. The van der Waals surface area contributed by atoms with E-state index in [0.717, 1.165) is 16.9 Å². The third kappa shape index (κ3) is 2.85. The Bertz CT molecular complexity index is 1000. The first-order chi connectivity index (χ1) is 12.3. The summed E-state index contributed by atoms with van der Waals surface area (Å²) in [6.07, 6.45) is 3.05. The average Bonchev–Trinajstić information content (AvgIpc) is 3.02. The molecule has 1 aliphatic rings. The monoisotopic (exact) mass is 351 g/mol. The summed E-state index contributed by atoms with van der Waals surface area (Å²) in [5.41, 5.74) is 3.29. The van der Waals surface area contributed by atoms with E-state index in [9.17, 15) is 4.79 Å². The van der Waals surface area contributed by atoms with Gasteiger partial charge in [0, 0.05) is 23.5 Å². The summed E-state index contributed by atoms with van der Waals surface area (Å²) in [4.78, 5) is 16.3. The maximum Gasteiger partial charge on any atom is 0.265 e. The molecule has 4 rings (SSSR count). The van der Waals surface area contributed by atoms with Crippen molar-refractivity contribution in [3.63, 3.8) is 0 Å². The summed E-state index contributed by atoms with van der Waals surface area (Å²) >= 11 is 0. The summed E-state index contributed by atoms with van der Waals surface area (Å²) in [7, 11) is 0. The first-order valence-corrected chi connectivity index (χ1v) is 8.55. The van der Waals surface area contributed by atoms with Crippen LogP contribution < -0.4 is 15.4 Å². The van der Waals surface area contributed by atoms with Crippen molar-refractivity contribution in [2.45, 2.75) is 39.2 Å². The zero-order valence-electron chi connectivity index (χ0n) is 15.2. The second-order valence-corrected chi connectivity index (χ2v) is 7.47. The molecule has 1 amide bonds. The molecule has 0 bridgehead atoms. The Balaban J connectivity index is 1.69. The minimum absolute atomic E-state index is 0.0482. The second-order valence-electron chi connectivity index (χ2n) is 7.47. The summed E-state index contributed by atoms with van der Waals surface area (Å²) in [6, 6.07) is 7.62. The van der Waals surface area contributed by atoms with Crippen molar-refractivity contribution < 1.29 is 9.53 Å². The third-order valence-corrected chi connectivity index (χ3v) is 4.33. The summed E-state index contributed by atoms with van der Waals surface area (Å²) < 4.78 is 7.41. The number of hydrogen-bond donors (Lipinski definition) is 2. The predicted octanol–water partition coefficient (Wildman–Crippen LogP) is 3.49. The highest BCUT2D eigenvalue weighted by molar-refractivity contribution is 5.98. The minimum Gasteiger partial charge on any atom is -0.479 e. The average molecular weight is 351 g/mol. The second kappa shape index (κ2) is 5.72. The van der Waals surface area contributed by atoms with Crippen LogP contribution in [0.3, 0.4) is 0 Å². The molecule has 0 saturated heterocycles. The van der Waals surface area contributed by atoms with Crippen LogP contribution >= 0.6 is 0 Å². The van der Waals surface area contributed by atoms with E-state index in [1.165, 1.54) is 0 Å². The van der Waals surface area contributed by atoms with E-state index < -0.39 is 6.10 Å². The quantitative estimate of drug-likeness (QED) is 0.739. The highest BCUT2D eigenvalue weighted by atomic mass is 16.5. The highest BCUT2D eigenvalue weighted by Crippen LogP contribution is 2.33. The SMILES string of the molecule is CC1Oc2ccc(Nc3nccn4nc(C(C)(C)C)cc34)cc2NC1=O. The fraction of sp³-hybridized carbons (Fsp3) is 0.316. The number of carbonyl (C=O) groups is 1. The smallest absolute Gasteiger partial charge is 0.265 e. The van der Waals surface area contributed by atoms with Gasteiger partial charge < -0.3 is 15.4 Å². The normalized spacial score (nSPS) is 16.8. The number of amides is 1. The molecule has 3 heterocycles. The molecule has 26 heavy (non-hydrogen) atoms. The number of fused-ring (bicyclic) bond motifs is 2. The molecule has 3 aromatic rings. The minimum atomic E-state index is -0.487. The Labute approximate surface area is 151 Å². The number of aromatic nitrogens is 3. The van der Waals surface area contributed by atoms with Gasteiger partial charge in [-0.15, -0.1) is 0 Å². The lowest BCUT2D eigenvalue weighted by Gasteiger charge is -2.23. The lowest BCUT2D eigenvalue weighted by molar-refractivity contribution is -0.122. The zero-order chi connectivity index (χ0) is 18.5. The molecule has 134 valence electrons. The molecule has 1 atom stereocenters. The number of carbonyl (C=O) groups excluding carboxylic acids is 1. The molecule has 2 N–H and O–H groups in total. The Morgan fingerprint density at radius 2 is 2.08 bits per heavy atom. The van der Waals surface area contributed by atoms with Gasteiger partial charge in [0.15, 0.2) is 11.9 Å². The molecule has 0 spiro atoms. The van der Waals surface area contributed by atoms with E-state index in [-0.39, 0.29) is 11.3 Å². The zero-order valence-corrected chi connectivity index (χ0v) is 15.2. The number of anilines is 3. The van der Waals surface area contributed by atoms with E-state index in [1.807, 2.05) is 35.0 Å². The Morgan fingerprint density at radius 1 is 1.27 bits per heavy atom. The van der Waals surface area contributed by atoms with Gasteiger partial charge in [-0.05, 0) is 31.2 Å². The standard InChI is InChI=1S/C19H21N5O2/c1-11-18(25)22-13-9-12(5-6-15(13)26-11)21-17-14-10-16(19(2,3)4)23-24(14)8-7-20-17/h5-11H,1-4H3,(H,20,21)(H,22,25). The van der Waals surface area contributed by atoms with Gasteiger partial charge >= 0.3 is 0 Å². The fourth-order valence-corrected chi connectivity index (χ4v) is 2.81. The predicted molar refractivity (Wildman–Crippen MR) is 100 cm³/mol. The van der Waals surface area contributed by atoms with Crippen LogP contribution in [0.15, 0.2) is 36.7 Å². The van der Waals surface area contributed by atoms with Gasteiger partial charge in [-0.3, -0.25) is 4.79 Å². The van der Waals surface area contributed by atoms with Crippen molar-refractivity contribution in [1.29, 1.82) is 0 Å². The van der Waals surface area contributed by atoms with E-state index >= 15 is 0 Å². The number of hydrogen-bond acceptors (Lipinski definition) is 5. The number of benzene rings is 1. The summed E-state index contributed by atoms with van der Waals surface area (Å²) in [5, 5.41) is 10.8. The van der Waals surface area contributed by atoms with Gasteiger partial charge in [0.2, 0.25) is 0 Å². The van der Waals surface area contributed by atoms with Gasteiger partial charge in [-0.1, -0.05) is 20.8 Å². The van der Waals surface area contributed by atoms with Gasteiger partial charge in [-0.25, -0.2) is 9.50 Å². The third-order valence-electron chi connectivity index (χ3n) is 4.33. The highest BCUT2D eigenvalue weighted by Gasteiger charge is 2.24. The van der Waals surface area contributed by atoms with Gasteiger partial charge in [0.05, 0.1) is 11.4 Å². The molecule has 0 radical (unpaired) electrons.